The summed E-state index contributed by atoms with van der Waals surface area (Å²) in [5, 5.41) is 13.2. The predicted octanol–water partition coefficient (Wildman–Crippen LogP) is 4.73. The number of benzene rings is 2. The lowest BCUT2D eigenvalue weighted by Gasteiger charge is -2.25. The molecule has 2 heterocycles. The van der Waals surface area contributed by atoms with Gasteiger partial charge in [-0.1, -0.05) is 36.2 Å². The number of nitrogens with one attached hydrogen (secondary N) is 2. The molecule has 0 atom stereocenters. The van der Waals surface area contributed by atoms with Gasteiger partial charge < -0.3 is 11.1 Å². The standard InChI is InChI=1S/C20H17Cl2F3N8O/c1-2-12-10-31(20(23,24)25)30-32(12)13-8-6-11(7-9-13)27-19-16(18(26)34)28-33(29-19)17-14(21)4-3-5-15(17)22/h3-10,30H,2H2,1H3,(H2,26,34)(H,27,29). The zero-order valence-corrected chi connectivity index (χ0v) is 18.9. The molecule has 1 amide bonds. The van der Waals surface area contributed by atoms with E-state index in [1.165, 1.54) is 5.01 Å². The number of carbonyl (C=O) groups excluding carboxylic acids is 1. The smallest absolute Gasteiger partial charge is 0.364 e. The van der Waals surface area contributed by atoms with Gasteiger partial charge in [-0.15, -0.1) is 33.7 Å². The summed E-state index contributed by atoms with van der Waals surface area (Å²) in [6.07, 6.45) is -3.21. The molecule has 0 bridgehead atoms. The highest BCUT2D eigenvalue weighted by Crippen LogP contribution is 2.32. The summed E-state index contributed by atoms with van der Waals surface area (Å²) < 4.78 is 39.2. The van der Waals surface area contributed by atoms with Crippen molar-refractivity contribution < 1.29 is 18.0 Å². The number of anilines is 3. The summed E-state index contributed by atoms with van der Waals surface area (Å²) in [5.74, 6) is -0.785. The van der Waals surface area contributed by atoms with Gasteiger partial charge in [-0.05, 0) is 42.8 Å². The van der Waals surface area contributed by atoms with E-state index in [4.69, 9.17) is 28.9 Å². The van der Waals surface area contributed by atoms with Crippen molar-refractivity contribution >= 4 is 46.3 Å². The van der Waals surface area contributed by atoms with Crippen molar-refractivity contribution in [3.05, 3.63) is 70.1 Å². The molecule has 1 aromatic heterocycles. The molecule has 178 valence electrons. The first-order chi connectivity index (χ1) is 16.1. The Bertz CT molecular complexity index is 1240. The van der Waals surface area contributed by atoms with Crippen LogP contribution in [0, 0.1) is 0 Å². The number of aromatic nitrogens is 3. The highest BCUT2D eigenvalue weighted by Gasteiger charge is 2.40. The zero-order valence-electron chi connectivity index (χ0n) is 17.4. The summed E-state index contributed by atoms with van der Waals surface area (Å²) >= 11 is 12.4. The zero-order chi connectivity index (χ0) is 24.6. The van der Waals surface area contributed by atoms with E-state index in [1.54, 1.807) is 49.4 Å². The molecule has 2 aromatic carbocycles. The third-order valence-electron chi connectivity index (χ3n) is 4.78. The number of alkyl halides is 3. The number of para-hydroxylation sites is 1. The molecule has 0 unspecified atom stereocenters. The Morgan fingerprint density at radius 3 is 2.32 bits per heavy atom. The molecule has 4 N–H and O–H groups in total. The molecule has 0 saturated heterocycles. The fourth-order valence-corrected chi connectivity index (χ4v) is 3.73. The van der Waals surface area contributed by atoms with Crippen LogP contribution in [0.3, 0.4) is 0 Å². The molecule has 14 heteroatoms. The minimum absolute atomic E-state index is 0.0490. The Labute approximate surface area is 201 Å². The van der Waals surface area contributed by atoms with Gasteiger partial charge in [-0.25, -0.2) is 5.01 Å². The van der Waals surface area contributed by atoms with Gasteiger partial charge in [-0.2, -0.15) is 0 Å². The highest BCUT2D eigenvalue weighted by atomic mass is 35.5. The number of carbonyl (C=O) groups is 1. The van der Waals surface area contributed by atoms with Crippen LogP contribution in [0.15, 0.2) is 54.4 Å². The summed E-state index contributed by atoms with van der Waals surface area (Å²) in [7, 11) is 0. The number of halogens is 5. The monoisotopic (exact) mass is 512 g/mol. The van der Waals surface area contributed by atoms with Crippen LogP contribution < -0.4 is 21.6 Å². The second-order valence-electron chi connectivity index (χ2n) is 7.04. The van der Waals surface area contributed by atoms with E-state index in [2.05, 4.69) is 21.0 Å². The van der Waals surface area contributed by atoms with E-state index < -0.39 is 12.2 Å². The molecule has 9 nitrogen and oxygen atoms in total. The van der Waals surface area contributed by atoms with Crippen molar-refractivity contribution in [1.29, 1.82) is 0 Å². The van der Waals surface area contributed by atoms with Crippen LogP contribution in [0.25, 0.3) is 5.69 Å². The van der Waals surface area contributed by atoms with E-state index in [1.807, 2.05) is 0 Å². The van der Waals surface area contributed by atoms with Gasteiger partial charge in [-0.3, -0.25) is 9.80 Å². The van der Waals surface area contributed by atoms with Crippen LogP contribution >= 0.6 is 23.2 Å². The largest absolute Gasteiger partial charge is 0.500 e. The molecule has 34 heavy (non-hydrogen) atoms. The predicted molar refractivity (Wildman–Crippen MR) is 122 cm³/mol. The molecule has 4 rings (SSSR count). The fraction of sp³-hybridized carbons (Fsp3) is 0.150. The first-order valence-electron chi connectivity index (χ1n) is 9.80. The molecule has 0 fully saturated rings. The molecule has 0 spiro atoms. The van der Waals surface area contributed by atoms with Gasteiger partial charge in [0.1, 0.15) is 5.69 Å². The topological polar surface area (TPSA) is 104 Å². The molecule has 1 aliphatic rings. The molecular formula is C20H17Cl2F3N8O. The Morgan fingerprint density at radius 1 is 1.12 bits per heavy atom. The number of allylic oxidation sites excluding steroid dienone is 1. The molecule has 0 aliphatic carbocycles. The Hall–Kier alpha value is -3.48. The van der Waals surface area contributed by atoms with Crippen molar-refractivity contribution in [1.82, 2.24) is 25.5 Å². The number of hydrazine groups is 2. The summed E-state index contributed by atoms with van der Waals surface area (Å²) in [6.45, 7) is 1.75. The van der Waals surface area contributed by atoms with Crippen LogP contribution in [0.4, 0.5) is 30.4 Å². The quantitative estimate of drug-likeness (QED) is 0.410. The summed E-state index contributed by atoms with van der Waals surface area (Å²) in [6, 6.07) is 11.2. The Balaban J connectivity index is 1.59. The van der Waals surface area contributed by atoms with E-state index in [0.717, 1.165) is 11.0 Å². The number of nitrogens with zero attached hydrogens (tertiary/aromatic N) is 5. The lowest BCUT2D eigenvalue weighted by Crippen LogP contribution is -2.47. The van der Waals surface area contributed by atoms with Gasteiger partial charge >= 0.3 is 6.30 Å². The van der Waals surface area contributed by atoms with Gasteiger partial charge in [0.15, 0.2) is 11.5 Å². The Morgan fingerprint density at radius 2 is 1.76 bits per heavy atom. The van der Waals surface area contributed by atoms with Crippen LogP contribution in [0.1, 0.15) is 23.8 Å². The summed E-state index contributed by atoms with van der Waals surface area (Å²) in [4.78, 5) is 13.0. The summed E-state index contributed by atoms with van der Waals surface area (Å²) in [5.41, 5.74) is 9.22. The van der Waals surface area contributed by atoms with Crippen LogP contribution in [0.5, 0.6) is 0 Å². The average molecular weight is 513 g/mol. The van der Waals surface area contributed by atoms with Crippen LogP contribution in [0.2, 0.25) is 10.0 Å². The maximum absolute atomic E-state index is 13.1. The second-order valence-corrected chi connectivity index (χ2v) is 7.85. The lowest BCUT2D eigenvalue weighted by atomic mass is 10.2. The average Bonchev–Trinajstić information content (AvgIpc) is 3.39. The number of nitrogens with two attached hydrogens (primary N) is 1. The second kappa shape index (κ2) is 9.05. The van der Waals surface area contributed by atoms with E-state index in [-0.39, 0.29) is 32.3 Å². The minimum Gasteiger partial charge on any atom is -0.364 e. The van der Waals surface area contributed by atoms with Gasteiger partial charge in [0, 0.05) is 11.9 Å². The molecule has 1 aliphatic heterocycles. The first kappa shape index (κ1) is 23.7. The van der Waals surface area contributed by atoms with Crippen molar-refractivity contribution in [2.24, 2.45) is 5.73 Å². The van der Waals surface area contributed by atoms with Crippen molar-refractivity contribution in [3.63, 3.8) is 0 Å². The number of hydrogen-bond donors (Lipinski definition) is 3. The van der Waals surface area contributed by atoms with Crippen molar-refractivity contribution in [2.45, 2.75) is 19.6 Å². The van der Waals surface area contributed by atoms with Gasteiger partial charge in [0.05, 0.1) is 21.4 Å². The first-order valence-corrected chi connectivity index (χ1v) is 10.6. The number of hydrogen-bond acceptors (Lipinski definition) is 7. The van der Waals surface area contributed by atoms with Gasteiger partial charge in [0.2, 0.25) is 0 Å². The van der Waals surface area contributed by atoms with E-state index in [0.29, 0.717) is 23.5 Å². The van der Waals surface area contributed by atoms with Crippen molar-refractivity contribution in [2.75, 3.05) is 10.3 Å². The third kappa shape index (κ3) is 4.60. The normalized spacial score (nSPS) is 13.9. The Kier molecular flexibility index (Phi) is 6.30. The number of amides is 1. The van der Waals surface area contributed by atoms with Crippen LogP contribution in [-0.4, -0.2) is 32.2 Å². The lowest BCUT2D eigenvalue weighted by molar-refractivity contribution is -0.241. The SMILES string of the molecule is CCC1=CN(C(F)(F)F)NN1c1ccc(Nc2nn(-c3c(Cl)cccc3Cl)nc2C(N)=O)cc1. The third-order valence-corrected chi connectivity index (χ3v) is 5.39. The number of primary amides is 1. The molecule has 0 radical (unpaired) electrons. The van der Waals surface area contributed by atoms with Crippen molar-refractivity contribution in [3.8, 4) is 5.69 Å². The maximum atomic E-state index is 13.1. The minimum atomic E-state index is -4.57. The molecule has 0 saturated carbocycles. The molecular weight excluding hydrogens is 496 g/mol. The molecule has 3 aromatic rings. The van der Waals surface area contributed by atoms with Crippen LogP contribution in [-0.2, 0) is 0 Å². The maximum Gasteiger partial charge on any atom is 0.500 e. The van der Waals surface area contributed by atoms with Gasteiger partial charge in [0.25, 0.3) is 5.91 Å². The van der Waals surface area contributed by atoms with E-state index >= 15 is 0 Å². The fourth-order valence-electron chi connectivity index (χ4n) is 3.18. The highest BCUT2D eigenvalue weighted by molar-refractivity contribution is 6.37. The van der Waals surface area contributed by atoms with E-state index in [9.17, 15) is 18.0 Å². The number of rotatable bonds is 6.